The van der Waals surface area contributed by atoms with E-state index in [-0.39, 0.29) is 13.2 Å². The minimum Gasteiger partial charge on any atom is -0.493 e. The number of carbonyl (C=O) groups is 3. The summed E-state index contributed by atoms with van der Waals surface area (Å²) < 4.78 is 10.7. The van der Waals surface area contributed by atoms with E-state index in [1.807, 2.05) is 17.0 Å². The highest BCUT2D eigenvalue weighted by Gasteiger charge is 2.44. The molecule has 0 aliphatic carbocycles. The van der Waals surface area contributed by atoms with Gasteiger partial charge < -0.3 is 9.47 Å². The maximum absolute atomic E-state index is 12.3. The summed E-state index contributed by atoms with van der Waals surface area (Å²) >= 11 is 0. The van der Waals surface area contributed by atoms with E-state index in [1.165, 1.54) is 6.08 Å². The molecule has 26 heavy (non-hydrogen) atoms. The van der Waals surface area contributed by atoms with Crippen molar-refractivity contribution in [2.24, 2.45) is 0 Å². The number of hydrogen-bond acceptors (Lipinski definition) is 6. The molecule has 1 aromatic carbocycles. The van der Waals surface area contributed by atoms with E-state index in [0.717, 1.165) is 27.3 Å². The lowest BCUT2D eigenvalue weighted by molar-refractivity contribution is -0.143. The Hall–Kier alpha value is -2.87. The second-order valence-corrected chi connectivity index (χ2v) is 6.14. The fraction of sp³-hybridized carbons (Fsp3) is 0.389. The number of imide groups is 2. The first kappa shape index (κ1) is 17.9. The standard InChI is InChI=1S/C18H21N3O5/c1-4-6-20-16(22)17(23)21(18(20)24)11-19-7-5-12-8-14(25-2)15(26-3)9-13(12)10-19/h4,8-9H,1,5-7,10-11H2,2-3H3. The van der Waals surface area contributed by atoms with Gasteiger partial charge in [0.15, 0.2) is 11.5 Å². The first-order chi connectivity index (χ1) is 12.5. The lowest BCUT2D eigenvalue weighted by Crippen LogP contribution is -2.44. The third-order valence-corrected chi connectivity index (χ3v) is 4.59. The molecule has 0 unspecified atom stereocenters. The van der Waals surface area contributed by atoms with Crippen LogP contribution >= 0.6 is 0 Å². The van der Waals surface area contributed by atoms with E-state index in [2.05, 4.69) is 6.58 Å². The number of benzene rings is 1. The first-order valence-corrected chi connectivity index (χ1v) is 8.24. The maximum Gasteiger partial charge on any atom is 0.335 e. The Balaban J connectivity index is 1.75. The van der Waals surface area contributed by atoms with Crippen molar-refractivity contribution in [3.63, 3.8) is 0 Å². The second-order valence-electron chi connectivity index (χ2n) is 6.14. The third kappa shape index (κ3) is 3.03. The molecule has 138 valence electrons. The lowest BCUT2D eigenvalue weighted by Gasteiger charge is -2.31. The Kier molecular flexibility index (Phi) is 4.94. The van der Waals surface area contributed by atoms with E-state index >= 15 is 0 Å². The molecule has 1 aromatic rings. The molecule has 8 nitrogen and oxygen atoms in total. The number of carbonyl (C=O) groups excluding carboxylic acids is 3. The largest absolute Gasteiger partial charge is 0.493 e. The van der Waals surface area contributed by atoms with Gasteiger partial charge in [-0.1, -0.05) is 6.08 Å². The van der Waals surface area contributed by atoms with Crippen LogP contribution < -0.4 is 9.47 Å². The van der Waals surface area contributed by atoms with Crippen molar-refractivity contribution in [1.82, 2.24) is 14.7 Å². The summed E-state index contributed by atoms with van der Waals surface area (Å²) in [6, 6.07) is 3.26. The molecule has 0 saturated carbocycles. The van der Waals surface area contributed by atoms with Gasteiger partial charge in [0.05, 0.1) is 20.9 Å². The zero-order chi connectivity index (χ0) is 18.8. The van der Waals surface area contributed by atoms with Gasteiger partial charge in [-0.05, 0) is 29.7 Å². The van der Waals surface area contributed by atoms with Gasteiger partial charge in [0, 0.05) is 19.6 Å². The van der Waals surface area contributed by atoms with Crippen LogP contribution in [0.4, 0.5) is 4.79 Å². The number of fused-ring (bicyclic) bond motifs is 1. The Bertz CT molecular complexity index is 776. The van der Waals surface area contributed by atoms with Crippen LogP contribution in [0, 0.1) is 0 Å². The zero-order valence-corrected chi connectivity index (χ0v) is 14.9. The Morgan fingerprint density at radius 2 is 1.65 bits per heavy atom. The molecular weight excluding hydrogens is 338 g/mol. The Morgan fingerprint density at radius 3 is 2.27 bits per heavy atom. The summed E-state index contributed by atoms with van der Waals surface area (Å²) in [6.07, 6.45) is 2.17. The molecule has 0 spiro atoms. The summed E-state index contributed by atoms with van der Waals surface area (Å²) in [5.41, 5.74) is 2.18. The van der Waals surface area contributed by atoms with Crippen LogP contribution in [0.15, 0.2) is 24.8 Å². The molecule has 0 radical (unpaired) electrons. The van der Waals surface area contributed by atoms with Crippen LogP contribution in [0.2, 0.25) is 0 Å². The number of urea groups is 1. The van der Waals surface area contributed by atoms with E-state index < -0.39 is 17.8 Å². The minimum atomic E-state index is -0.807. The van der Waals surface area contributed by atoms with Crippen molar-refractivity contribution < 1.29 is 23.9 Å². The van der Waals surface area contributed by atoms with E-state index in [9.17, 15) is 14.4 Å². The summed E-state index contributed by atoms with van der Waals surface area (Å²) in [7, 11) is 3.17. The number of hydrogen-bond donors (Lipinski definition) is 0. The van der Waals surface area contributed by atoms with Crippen LogP contribution in [-0.4, -0.2) is 66.5 Å². The average molecular weight is 359 g/mol. The fourth-order valence-electron chi connectivity index (χ4n) is 3.23. The zero-order valence-electron chi connectivity index (χ0n) is 14.9. The monoisotopic (exact) mass is 359 g/mol. The predicted molar refractivity (Wildman–Crippen MR) is 92.7 cm³/mol. The fourth-order valence-corrected chi connectivity index (χ4v) is 3.23. The number of rotatable bonds is 6. The third-order valence-electron chi connectivity index (χ3n) is 4.59. The first-order valence-electron chi connectivity index (χ1n) is 8.24. The van der Waals surface area contributed by atoms with Crippen LogP contribution in [0.25, 0.3) is 0 Å². The number of ether oxygens (including phenoxy) is 2. The number of nitrogens with zero attached hydrogens (tertiary/aromatic N) is 3. The van der Waals surface area contributed by atoms with Crippen molar-refractivity contribution in [3.8, 4) is 11.5 Å². The summed E-state index contributed by atoms with van der Waals surface area (Å²) in [5.74, 6) is -0.294. The number of methoxy groups -OCH3 is 2. The van der Waals surface area contributed by atoms with Gasteiger partial charge in [-0.2, -0.15) is 0 Å². The SMILES string of the molecule is C=CCN1C(=O)C(=O)N(CN2CCc3cc(OC)c(OC)cc3C2)C1=O. The molecule has 0 N–H and O–H groups in total. The average Bonchev–Trinajstić information content (AvgIpc) is 2.85. The van der Waals surface area contributed by atoms with Gasteiger partial charge in [-0.15, -0.1) is 6.58 Å². The molecule has 4 amide bonds. The minimum absolute atomic E-state index is 0.0275. The molecule has 0 aromatic heterocycles. The van der Waals surface area contributed by atoms with E-state index in [0.29, 0.717) is 24.6 Å². The summed E-state index contributed by atoms with van der Waals surface area (Å²) in [5, 5.41) is 0. The molecular formula is C18H21N3O5. The quantitative estimate of drug-likeness (QED) is 0.428. The van der Waals surface area contributed by atoms with Gasteiger partial charge in [0.25, 0.3) is 0 Å². The van der Waals surface area contributed by atoms with Gasteiger partial charge >= 0.3 is 17.8 Å². The molecule has 2 aliphatic heterocycles. The highest BCUT2D eigenvalue weighted by Crippen LogP contribution is 2.33. The van der Waals surface area contributed by atoms with Crippen LogP contribution in [0.3, 0.4) is 0 Å². The smallest absolute Gasteiger partial charge is 0.335 e. The maximum atomic E-state index is 12.3. The van der Waals surface area contributed by atoms with Crippen LogP contribution in [0.1, 0.15) is 11.1 Å². The number of amides is 4. The molecule has 8 heteroatoms. The summed E-state index contributed by atoms with van der Waals surface area (Å²) in [6.45, 7) is 4.81. The molecule has 1 saturated heterocycles. The van der Waals surface area contributed by atoms with Gasteiger partial charge in [0.1, 0.15) is 0 Å². The molecule has 2 heterocycles. The van der Waals surface area contributed by atoms with E-state index in [1.54, 1.807) is 14.2 Å². The van der Waals surface area contributed by atoms with Crippen molar-refractivity contribution in [3.05, 3.63) is 35.9 Å². The van der Waals surface area contributed by atoms with Gasteiger partial charge in [-0.3, -0.25) is 19.4 Å². The normalized spacial score (nSPS) is 17.5. The van der Waals surface area contributed by atoms with Crippen molar-refractivity contribution in [2.75, 3.05) is 34.0 Å². The Labute approximate surface area is 151 Å². The van der Waals surface area contributed by atoms with Gasteiger partial charge in [-0.25, -0.2) is 9.69 Å². The Morgan fingerprint density at radius 1 is 1.04 bits per heavy atom. The molecule has 3 rings (SSSR count). The summed E-state index contributed by atoms with van der Waals surface area (Å²) in [4.78, 5) is 40.2. The van der Waals surface area contributed by atoms with Crippen molar-refractivity contribution in [1.29, 1.82) is 0 Å². The highest BCUT2D eigenvalue weighted by molar-refractivity contribution is 6.44. The highest BCUT2D eigenvalue weighted by atomic mass is 16.5. The van der Waals surface area contributed by atoms with Crippen molar-refractivity contribution >= 4 is 17.8 Å². The second kappa shape index (κ2) is 7.17. The van der Waals surface area contributed by atoms with Gasteiger partial charge in [0.2, 0.25) is 0 Å². The van der Waals surface area contributed by atoms with Crippen LogP contribution in [0.5, 0.6) is 11.5 Å². The van der Waals surface area contributed by atoms with Crippen molar-refractivity contribution in [2.45, 2.75) is 13.0 Å². The molecule has 0 bridgehead atoms. The topological polar surface area (TPSA) is 79.4 Å². The van der Waals surface area contributed by atoms with Crippen LogP contribution in [-0.2, 0) is 22.6 Å². The molecule has 1 fully saturated rings. The lowest BCUT2D eigenvalue weighted by atomic mass is 9.99. The van der Waals surface area contributed by atoms with E-state index in [4.69, 9.17) is 9.47 Å². The molecule has 2 aliphatic rings. The molecule has 0 atom stereocenters. The predicted octanol–water partition coefficient (Wildman–Crippen LogP) is 0.996.